The fourth-order valence-corrected chi connectivity index (χ4v) is 1.23. The van der Waals surface area contributed by atoms with Crippen molar-refractivity contribution in [2.75, 3.05) is 5.33 Å². The van der Waals surface area contributed by atoms with Crippen LogP contribution in [0.2, 0.25) is 5.02 Å². The lowest BCUT2D eigenvalue weighted by Crippen LogP contribution is -1.78. The van der Waals surface area contributed by atoms with Crippen LogP contribution in [0.1, 0.15) is 5.56 Å². The fraction of sp³-hybridized carbons (Fsp3) is 0.111. The van der Waals surface area contributed by atoms with Crippen LogP contribution in [0.3, 0.4) is 0 Å². The molecule has 1 aromatic carbocycles. The highest BCUT2D eigenvalue weighted by atomic mass is 79.9. The van der Waals surface area contributed by atoms with Gasteiger partial charge in [-0.15, -0.1) is 0 Å². The van der Waals surface area contributed by atoms with Gasteiger partial charge in [0.25, 0.3) is 0 Å². The number of hydrogen-bond donors (Lipinski definition) is 0. The number of allylic oxidation sites excluding steroid dienone is 1. The first-order chi connectivity index (χ1) is 5.74. The molecule has 0 saturated heterocycles. The molecule has 1 rings (SSSR count). The van der Waals surface area contributed by atoms with E-state index in [1.54, 1.807) is 6.07 Å². The molecule has 0 radical (unpaired) electrons. The van der Waals surface area contributed by atoms with Crippen LogP contribution in [0.5, 0.6) is 0 Å². The number of benzene rings is 1. The standard InChI is InChI=1S/C9H7BrClF/c10-5-1-2-7-3-4-8(12)6-9(7)11/h1-4,6H,5H2/b2-1+. The summed E-state index contributed by atoms with van der Waals surface area (Å²) in [6.45, 7) is 0. The highest BCUT2D eigenvalue weighted by Gasteiger charge is 1.96. The quantitative estimate of drug-likeness (QED) is 0.698. The van der Waals surface area contributed by atoms with Crippen LogP contribution >= 0.6 is 27.5 Å². The SMILES string of the molecule is Fc1ccc(/C=C/CBr)c(Cl)c1. The zero-order chi connectivity index (χ0) is 8.97. The molecule has 0 spiro atoms. The molecule has 0 fully saturated rings. The van der Waals surface area contributed by atoms with Crippen LogP contribution in [0, 0.1) is 5.82 Å². The summed E-state index contributed by atoms with van der Waals surface area (Å²) in [4.78, 5) is 0. The van der Waals surface area contributed by atoms with Crippen LogP contribution in [-0.4, -0.2) is 5.33 Å². The maximum atomic E-state index is 12.6. The van der Waals surface area contributed by atoms with Gasteiger partial charge in [0, 0.05) is 5.33 Å². The second kappa shape index (κ2) is 4.63. The normalized spacial score (nSPS) is 10.9. The number of alkyl halides is 1. The maximum absolute atomic E-state index is 12.6. The van der Waals surface area contributed by atoms with Crippen molar-refractivity contribution in [3.05, 3.63) is 40.7 Å². The number of rotatable bonds is 2. The molecule has 0 aliphatic carbocycles. The van der Waals surface area contributed by atoms with Gasteiger partial charge in [0.1, 0.15) is 5.82 Å². The Morgan fingerprint density at radius 2 is 2.25 bits per heavy atom. The van der Waals surface area contributed by atoms with Crippen LogP contribution in [0.4, 0.5) is 4.39 Å². The highest BCUT2D eigenvalue weighted by molar-refractivity contribution is 9.09. The summed E-state index contributed by atoms with van der Waals surface area (Å²) >= 11 is 9.00. The third-order valence-electron chi connectivity index (χ3n) is 1.35. The minimum atomic E-state index is -0.309. The lowest BCUT2D eigenvalue weighted by molar-refractivity contribution is 0.628. The van der Waals surface area contributed by atoms with E-state index in [-0.39, 0.29) is 5.82 Å². The summed E-state index contributed by atoms with van der Waals surface area (Å²) in [7, 11) is 0. The summed E-state index contributed by atoms with van der Waals surface area (Å²) in [6, 6.07) is 4.34. The third-order valence-corrected chi connectivity index (χ3v) is 2.05. The minimum absolute atomic E-state index is 0.309. The predicted octanol–water partition coefficient (Wildman–Crippen LogP) is 3.89. The zero-order valence-corrected chi connectivity index (χ0v) is 8.57. The lowest BCUT2D eigenvalue weighted by Gasteiger charge is -1.96. The van der Waals surface area contributed by atoms with Crippen molar-refractivity contribution in [2.24, 2.45) is 0 Å². The Morgan fingerprint density at radius 3 is 2.83 bits per heavy atom. The van der Waals surface area contributed by atoms with E-state index in [0.29, 0.717) is 5.02 Å². The lowest BCUT2D eigenvalue weighted by atomic mass is 10.2. The molecule has 0 aliphatic rings. The first-order valence-corrected chi connectivity index (χ1v) is 4.91. The van der Waals surface area contributed by atoms with Gasteiger partial charge in [0.05, 0.1) is 5.02 Å². The topological polar surface area (TPSA) is 0 Å². The molecule has 0 bridgehead atoms. The van der Waals surface area contributed by atoms with Crippen molar-refractivity contribution in [3.8, 4) is 0 Å². The van der Waals surface area contributed by atoms with E-state index in [2.05, 4.69) is 15.9 Å². The molecular formula is C9H7BrClF. The summed E-state index contributed by atoms with van der Waals surface area (Å²) < 4.78 is 12.6. The van der Waals surface area contributed by atoms with Crippen molar-refractivity contribution in [3.63, 3.8) is 0 Å². The second-order valence-electron chi connectivity index (χ2n) is 2.22. The maximum Gasteiger partial charge on any atom is 0.124 e. The van der Waals surface area contributed by atoms with Crippen LogP contribution in [0.25, 0.3) is 6.08 Å². The molecule has 12 heavy (non-hydrogen) atoms. The van der Waals surface area contributed by atoms with Gasteiger partial charge in [0.2, 0.25) is 0 Å². The van der Waals surface area contributed by atoms with E-state index in [1.807, 2.05) is 12.2 Å². The predicted molar refractivity (Wildman–Crippen MR) is 54.2 cm³/mol. The summed E-state index contributed by atoms with van der Waals surface area (Å²) in [5, 5.41) is 1.20. The molecule has 0 N–H and O–H groups in total. The Labute approximate surface area is 84.2 Å². The monoisotopic (exact) mass is 248 g/mol. The van der Waals surface area contributed by atoms with Gasteiger partial charge in [-0.25, -0.2) is 4.39 Å². The van der Waals surface area contributed by atoms with E-state index in [0.717, 1.165) is 10.9 Å². The molecule has 0 unspecified atom stereocenters. The zero-order valence-electron chi connectivity index (χ0n) is 6.23. The van der Waals surface area contributed by atoms with Gasteiger partial charge >= 0.3 is 0 Å². The molecule has 0 nitrogen and oxygen atoms in total. The van der Waals surface area contributed by atoms with Gasteiger partial charge < -0.3 is 0 Å². The molecule has 1 aromatic rings. The molecule has 0 amide bonds. The molecule has 0 aliphatic heterocycles. The number of halogens is 3. The Bertz CT molecular complexity index is 297. The van der Waals surface area contributed by atoms with Crippen LogP contribution in [-0.2, 0) is 0 Å². The molecule has 0 aromatic heterocycles. The number of hydrogen-bond acceptors (Lipinski definition) is 0. The molecule has 64 valence electrons. The summed E-state index contributed by atoms with van der Waals surface area (Å²) in [5.41, 5.74) is 0.831. The van der Waals surface area contributed by atoms with Gasteiger partial charge in [-0.3, -0.25) is 0 Å². The highest BCUT2D eigenvalue weighted by Crippen LogP contribution is 2.18. The average molecular weight is 250 g/mol. The molecule has 0 atom stereocenters. The molecule has 0 heterocycles. The largest absolute Gasteiger partial charge is 0.207 e. The molecule has 3 heteroatoms. The van der Waals surface area contributed by atoms with Gasteiger partial charge in [-0.05, 0) is 17.7 Å². The Hall–Kier alpha value is -0.340. The minimum Gasteiger partial charge on any atom is -0.207 e. The second-order valence-corrected chi connectivity index (χ2v) is 3.28. The molecule has 0 saturated carbocycles. The van der Waals surface area contributed by atoms with Crippen molar-refractivity contribution in [2.45, 2.75) is 0 Å². The van der Waals surface area contributed by atoms with Crippen molar-refractivity contribution in [1.29, 1.82) is 0 Å². The average Bonchev–Trinajstić information content (AvgIpc) is 2.03. The van der Waals surface area contributed by atoms with Gasteiger partial charge in [0.15, 0.2) is 0 Å². The first-order valence-electron chi connectivity index (χ1n) is 3.41. The van der Waals surface area contributed by atoms with E-state index in [9.17, 15) is 4.39 Å². The van der Waals surface area contributed by atoms with Crippen LogP contribution < -0.4 is 0 Å². The summed E-state index contributed by atoms with van der Waals surface area (Å²) in [5.74, 6) is -0.309. The summed E-state index contributed by atoms with van der Waals surface area (Å²) in [6.07, 6.45) is 3.75. The van der Waals surface area contributed by atoms with E-state index < -0.39 is 0 Å². The van der Waals surface area contributed by atoms with Crippen molar-refractivity contribution >= 4 is 33.6 Å². The first kappa shape index (κ1) is 9.75. The smallest absolute Gasteiger partial charge is 0.124 e. The van der Waals surface area contributed by atoms with E-state index in [4.69, 9.17) is 11.6 Å². The Balaban J connectivity index is 2.94. The van der Waals surface area contributed by atoms with E-state index >= 15 is 0 Å². The Kier molecular flexibility index (Phi) is 3.76. The Morgan fingerprint density at radius 1 is 1.50 bits per heavy atom. The molecular weight excluding hydrogens is 242 g/mol. The third kappa shape index (κ3) is 2.61. The van der Waals surface area contributed by atoms with Gasteiger partial charge in [-0.2, -0.15) is 0 Å². The van der Waals surface area contributed by atoms with Crippen molar-refractivity contribution < 1.29 is 4.39 Å². The van der Waals surface area contributed by atoms with Crippen molar-refractivity contribution in [1.82, 2.24) is 0 Å². The fourth-order valence-electron chi connectivity index (χ4n) is 0.808. The van der Waals surface area contributed by atoms with Gasteiger partial charge in [-0.1, -0.05) is 45.7 Å². The van der Waals surface area contributed by atoms with E-state index in [1.165, 1.54) is 12.1 Å². The van der Waals surface area contributed by atoms with Crippen LogP contribution in [0.15, 0.2) is 24.3 Å².